The Morgan fingerprint density at radius 2 is 1.89 bits per heavy atom. The fraction of sp³-hybridized carbons (Fsp3) is 0.120. The number of aromatic hydroxyl groups is 1. The molecule has 0 bridgehead atoms. The Balaban J connectivity index is 1.85. The van der Waals surface area contributed by atoms with Crippen LogP contribution in [0.1, 0.15) is 15.9 Å². The van der Waals surface area contributed by atoms with Crippen molar-refractivity contribution in [1.82, 2.24) is 15.3 Å². The number of carboxylic acids is 1. The Morgan fingerprint density at radius 1 is 1.11 bits per heavy atom. The number of aromatic amines is 1. The molecule has 0 unspecified atom stereocenters. The molecule has 4 aromatic rings. The molecule has 2 aromatic heterocycles. The van der Waals surface area contributed by atoms with Crippen molar-refractivity contribution in [2.45, 2.75) is 6.61 Å². The zero-order valence-corrected chi connectivity index (χ0v) is 18.6. The van der Waals surface area contributed by atoms with E-state index in [1.165, 1.54) is 13.3 Å². The van der Waals surface area contributed by atoms with E-state index in [0.29, 0.717) is 17.0 Å². The zero-order chi connectivity index (χ0) is 24.9. The van der Waals surface area contributed by atoms with Crippen LogP contribution in [0.3, 0.4) is 0 Å². The Morgan fingerprint density at radius 3 is 2.54 bits per heavy atom. The third-order valence-electron chi connectivity index (χ3n) is 5.19. The van der Waals surface area contributed by atoms with Gasteiger partial charge in [0.05, 0.1) is 24.5 Å². The molecule has 10 nitrogen and oxygen atoms in total. The quantitative estimate of drug-likeness (QED) is 0.304. The summed E-state index contributed by atoms with van der Waals surface area (Å²) in [6, 6.07) is 16.0. The van der Waals surface area contributed by atoms with Crippen LogP contribution in [0.25, 0.3) is 22.2 Å². The summed E-state index contributed by atoms with van der Waals surface area (Å²) < 4.78 is 11.1. The maximum Gasteiger partial charge on any atom is 0.322 e. The lowest BCUT2D eigenvalue weighted by molar-refractivity contribution is -0.135. The van der Waals surface area contributed by atoms with Crippen molar-refractivity contribution < 1.29 is 29.3 Å². The number of carboxylic acid groups (broad SMARTS) is 1. The van der Waals surface area contributed by atoms with E-state index in [-0.39, 0.29) is 23.3 Å². The van der Waals surface area contributed by atoms with Crippen LogP contribution >= 0.6 is 0 Å². The maximum atomic E-state index is 12.7. The van der Waals surface area contributed by atoms with Gasteiger partial charge in [0.2, 0.25) is 0 Å². The minimum absolute atomic E-state index is 0.128. The molecule has 0 saturated heterocycles. The van der Waals surface area contributed by atoms with Gasteiger partial charge in [-0.2, -0.15) is 0 Å². The van der Waals surface area contributed by atoms with Crippen molar-refractivity contribution in [3.8, 4) is 28.5 Å². The zero-order valence-electron chi connectivity index (χ0n) is 18.6. The van der Waals surface area contributed by atoms with Crippen molar-refractivity contribution in [3.63, 3.8) is 0 Å². The normalized spacial score (nSPS) is 10.7. The molecule has 35 heavy (non-hydrogen) atoms. The molecule has 0 spiro atoms. The lowest BCUT2D eigenvalue weighted by Gasteiger charge is -2.14. The molecule has 0 aliphatic carbocycles. The van der Waals surface area contributed by atoms with Gasteiger partial charge in [0, 0.05) is 10.9 Å². The topological polar surface area (TPSA) is 151 Å². The number of pyridine rings is 2. The summed E-state index contributed by atoms with van der Waals surface area (Å²) in [5.41, 5.74) is 0.632. The monoisotopic (exact) mass is 475 g/mol. The first-order valence-electron chi connectivity index (χ1n) is 10.5. The highest BCUT2D eigenvalue weighted by Gasteiger charge is 2.22. The maximum absolute atomic E-state index is 12.7. The SMILES string of the molecule is COc1ccc(-c2cc(OCc3ccccc3)c3[nH]c(=O)c(C(=O)NCC(=O)O)c(O)c3c2)nc1. The number of benzene rings is 2. The molecule has 0 atom stereocenters. The van der Waals surface area contributed by atoms with Gasteiger partial charge in [-0.15, -0.1) is 0 Å². The predicted octanol–water partition coefficient (Wildman–Crippen LogP) is 2.70. The first kappa shape index (κ1) is 23.3. The van der Waals surface area contributed by atoms with Gasteiger partial charge < -0.3 is 30.0 Å². The molecule has 4 N–H and O–H groups in total. The number of nitrogens with zero attached hydrogens (tertiary/aromatic N) is 1. The van der Waals surface area contributed by atoms with Crippen LogP contribution in [-0.2, 0) is 11.4 Å². The average Bonchev–Trinajstić information content (AvgIpc) is 2.87. The average molecular weight is 475 g/mol. The summed E-state index contributed by atoms with van der Waals surface area (Å²) in [6.07, 6.45) is 1.53. The van der Waals surface area contributed by atoms with Gasteiger partial charge in [0.1, 0.15) is 36.0 Å². The summed E-state index contributed by atoms with van der Waals surface area (Å²) in [7, 11) is 1.52. The molecule has 0 radical (unpaired) electrons. The molecule has 10 heteroatoms. The van der Waals surface area contributed by atoms with E-state index < -0.39 is 35.3 Å². The van der Waals surface area contributed by atoms with Gasteiger partial charge in [-0.25, -0.2) is 0 Å². The number of H-pyrrole nitrogens is 1. The molecule has 0 saturated carbocycles. The lowest BCUT2D eigenvalue weighted by atomic mass is 10.0. The third-order valence-corrected chi connectivity index (χ3v) is 5.19. The number of hydrogen-bond donors (Lipinski definition) is 4. The van der Waals surface area contributed by atoms with Crippen LogP contribution in [-0.4, -0.2) is 45.7 Å². The molecule has 0 aliphatic rings. The molecular weight excluding hydrogens is 454 g/mol. The van der Waals surface area contributed by atoms with Crippen LogP contribution in [0.15, 0.2) is 65.6 Å². The Labute approximate surface area is 198 Å². The Hall–Kier alpha value is -4.86. The standard InChI is InChI=1S/C25H21N3O7/c1-34-16-7-8-18(26-11-16)15-9-17-22(19(10-15)35-13-14-5-3-2-4-6-14)28-25(33)21(23(17)31)24(32)27-12-20(29)30/h2-11H,12-13H2,1H3,(H,27,32)(H,29,30)(H2,28,31,33). The molecule has 1 amide bonds. The van der Waals surface area contributed by atoms with Crippen LogP contribution < -0.4 is 20.3 Å². The number of carbonyl (C=O) groups excluding carboxylic acids is 1. The first-order chi connectivity index (χ1) is 16.9. The summed E-state index contributed by atoms with van der Waals surface area (Å²) in [6.45, 7) is -0.532. The van der Waals surface area contributed by atoms with Gasteiger partial charge in [-0.05, 0) is 29.8 Å². The van der Waals surface area contributed by atoms with E-state index in [4.69, 9.17) is 14.6 Å². The number of methoxy groups -OCH3 is 1. The minimum atomic E-state index is -1.29. The second-order valence-corrected chi connectivity index (χ2v) is 7.51. The van der Waals surface area contributed by atoms with Gasteiger partial charge in [0.15, 0.2) is 0 Å². The van der Waals surface area contributed by atoms with Gasteiger partial charge in [0.25, 0.3) is 11.5 Å². The molecule has 2 aromatic carbocycles. The van der Waals surface area contributed by atoms with Gasteiger partial charge in [-0.1, -0.05) is 30.3 Å². The van der Waals surface area contributed by atoms with E-state index >= 15 is 0 Å². The Bertz CT molecular complexity index is 1450. The number of ether oxygens (including phenoxy) is 2. The summed E-state index contributed by atoms with van der Waals surface area (Å²) in [5.74, 6) is -2.11. The van der Waals surface area contributed by atoms with Crippen molar-refractivity contribution >= 4 is 22.8 Å². The number of carbonyl (C=O) groups is 2. The first-order valence-corrected chi connectivity index (χ1v) is 10.5. The fourth-order valence-corrected chi connectivity index (χ4v) is 3.47. The number of hydrogen-bond acceptors (Lipinski definition) is 7. The fourth-order valence-electron chi connectivity index (χ4n) is 3.47. The molecule has 2 heterocycles. The number of fused-ring (bicyclic) bond motifs is 1. The Kier molecular flexibility index (Phi) is 6.63. The number of amides is 1. The summed E-state index contributed by atoms with van der Waals surface area (Å²) in [4.78, 5) is 42.9. The van der Waals surface area contributed by atoms with Crippen molar-refractivity contribution in [3.05, 3.63) is 82.3 Å². The minimum Gasteiger partial charge on any atom is -0.506 e. The van der Waals surface area contributed by atoms with E-state index in [2.05, 4.69) is 15.3 Å². The largest absolute Gasteiger partial charge is 0.506 e. The predicted molar refractivity (Wildman–Crippen MR) is 127 cm³/mol. The molecule has 0 aliphatic heterocycles. The number of aromatic nitrogens is 2. The van der Waals surface area contributed by atoms with E-state index in [0.717, 1.165) is 5.56 Å². The van der Waals surface area contributed by atoms with Crippen LogP contribution in [0, 0.1) is 0 Å². The van der Waals surface area contributed by atoms with Gasteiger partial charge in [-0.3, -0.25) is 19.4 Å². The highest BCUT2D eigenvalue weighted by atomic mass is 16.5. The van der Waals surface area contributed by atoms with Crippen molar-refractivity contribution in [2.75, 3.05) is 13.7 Å². The van der Waals surface area contributed by atoms with Crippen LogP contribution in [0.2, 0.25) is 0 Å². The number of rotatable bonds is 8. The summed E-state index contributed by atoms with van der Waals surface area (Å²) in [5, 5.41) is 21.9. The van der Waals surface area contributed by atoms with E-state index in [9.17, 15) is 19.5 Å². The van der Waals surface area contributed by atoms with E-state index in [1.54, 1.807) is 24.3 Å². The molecule has 4 rings (SSSR count). The molecule has 178 valence electrons. The molecular formula is C25H21N3O7. The highest BCUT2D eigenvalue weighted by Crippen LogP contribution is 2.36. The van der Waals surface area contributed by atoms with Crippen molar-refractivity contribution in [2.24, 2.45) is 0 Å². The van der Waals surface area contributed by atoms with Gasteiger partial charge >= 0.3 is 5.97 Å². The second kappa shape index (κ2) is 9.96. The summed E-state index contributed by atoms with van der Waals surface area (Å²) >= 11 is 0. The molecule has 0 fully saturated rings. The smallest absolute Gasteiger partial charge is 0.322 e. The van der Waals surface area contributed by atoms with Crippen LogP contribution in [0.5, 0.6) is 17.2 Å². The number of aliphatic carboxylic acids is 1. The highest BCUT2D eigenvalue weighted by molar-refractivity contribution is 6.04. The second-order valence-electron chi connectivity index (χ2n) is 7.51. The van der Waals surface area contributed by atoms with Crippen LogP contribution in [0.4, 0.5) is 0 Å². The number of nitrogens with one attached hydrogen (secondary N) is 2. The third kappa shape index (κ3) is 5.06. The lowest BCUT2D eigenvalue weighted by Crippen LogP contribution is -2.33. The van der Waals surface area contributed by atoms with E-state index in [1.807, 2.05) is 30.3 Å². The van der Waals surface area contributed by atoms with Crippen molar-refractivity contribution in [1.29, 1.82) is 0 Å².